The fraction of sp³-hybridized carbons (Fsp3) is 0.143. The average molecular weight is 397 g/mol. The molecule has 148 valence electrons. The fourth-order valence-corrected chi connectivity index (χ4v) is 2.99. The van der Waals surface area contributed by atoms with Gasteiger partial charge in [-0.15, -0.1) is 5.10 Å². The number of benzene rings is 1. The van der Waals surface area contributed by atoms with E-state index in [1.165, 1.54) is 0 Å². The van der Waals surface area contributed by atoms with Crippen LogP contribution in [0.3, 0.4) is 0 Å². The molecule has 0 saturated heterocycles. The number of nitrogens with two attached hydrogens (primary N) is 2. The average Bonchev–Trinajstić information content (AvgIpc) is 3.22. The molecule has 9 heteroatoms. The van der Waals surface area contributed by atoms with Crippen LogP contribution in [0.1, 0.15) is 29.9 Å². The second-order valence-corrected chi connectivity index (χ2v) is 6.83. The third-order valence-electron chi connectivity index (χ3n) is 4.45. The summed E-state index contributed by atoms with van der Waals surface area (Å²) in [4.78, 5) is 13.1. The van der Waals surface area contributed by atoms with Crippen molar-refractivity contribution in [2.75, 3.05) is 5.73 Å². The molecular weight excluding hydrogens is 378 g/mol. The van der Waals surface area contributed by atoms with Crippen LogP contribution in [0.4, 0.5) is 5.95 Å². The van der Waals surface area contributed by atoms with Crippen molar-refractivity contribution >= 4 is 5.95 Å². The van der Waals surface area contributed by atoms with Gasteiger partial charge < -0.3 is 11.5 Å². The molecule has 0 fully saturated rings. The zero-order valence-corrected chi connectivity index (χ0v) is 16.3. The summed E-state index contributed by atoms with van der Waals surface area (Å²) in [6.07, 6.45) is 1.78. The Morgan fingerprint density at radius 2 is 1.83 bits per heavy atom. The van der Waals surface area contributed by atoms with Crippen LogP contribution in [0.15, 0.2) is 54.7 Å². The highest BCUT2D eigenvalue weighted by atomic mass is 15.4. The molecular formula is C21H19N9. The Balaban J connectivity index is 1.63. The van der Waals surface area contributed by atoms with Crippen molar-refractivity contribution in [1.29, 1.82) is 5.26 Å². The summed E-state index contributed by atoms with van der Waals surface area (Å²) in [6, 6.07) is 16.6. The molecule has 0 aliphatic rings. The minimum absolute atomic E-state index is 0.116. The van der Waals surface area contributed by atoms with Gasteiger partial charge in [-0.1, -0.05) is 23.4 Å². The largest absolute Gasteiger partial charge is 0.368 e. The molecule has 0 radical (unpaired) electrons. The number of hydrogen-bond acceptors (Lipinski definition) is 8. The zero-order chi connectivity index (χ0) is 21.1. The van der Waals surface area contributed by atoms with Gasteiger partial charge in [0.2, 0.25) is 5.95 Å². The molecule has 0 amide bonds. The van der Waals surface area contributed by atoms with E-state index in [1.54, 1.807) is 35.1 Å². The first-order valence-corrected chi connectivity index (χ1v) is 9.29. The van der Waals surface area contributed by atoms with Gasteiger partial charge in [0.1, 0.15) is 5.69 Å². The van der Waals surface area contributed by atoms with Crippen molar-refractivity contribution in [2.45, 2.75) is 19.5 Å². The monoisotopic (exact) mass is 397 g/mol. The van der Waals surface area contributed by atoms with Gasteiger partial charge in [-0.3, -0.25) is 4.98 Å². The van der Waals surface area contributed by atoms with E-state index in [1.807, 2.05) is 31.2 Å². The Bertz CT molecular complexity index is 1240. The molecule has 1 aromatic carbocycles. The van der Waals surface area contributed by atoms with Crippen molar-refractivity contribution in [1.82, 2.24) is 29.9 Å². The van der Waals surface area contributed by atoms with Crippen LogP contribution < -0.4 is 11.5 Å². The smallest absolute Gasteiger partial charge is 0.221 e. The van der Waals surface area contributed by atoms with E-state index in [4.69, 9.17) is 16.7 Å². The molecule has 0 spiro atoms. The van der Waals surface area contributed by atoms with Crippen LogP contribution in [0.2, 0.25) is 0 Å². The lowest BCUT2D eigenvalue weighted by Gasteiger charge is -2.07. The van der Waals surface area contributed by atoms with E-state index >= 15 is 0 Å². The third-order valence-corrected chi connectivity index (χ3v) is 4.45. The van der Waals surface area contributed by atoms with Gasteiger partial charge in [0.15, 0.2) is 0 Å². The van der Waals surface area contributed by atoms with E-state index in [0.29, 0.717) is 29.2 Å². The van der Waals surface area contributed by atoms with E-state index in [0.717, 1.165) is 17.0 Å². The molecule has 1 atom stereocenters. The normalized spacial score (nSPS) is 11.8. The molecule has 3 aromatic heterocycles. The summed E-state index contributed by atoms with van der Waals surface area (Å²) < 4.78 is 1.68. The highest BCUT2D eigenvalue weighted by Gasteiger charge is 2.12. The summed E-state index contributed by atoms with van der Waals surface area (Å²) in [7, 11) is 0. The highest BCUT2D eigenvalue weighted by Crippen LogP contribution is 2.24. The molecule has 9 nitrogen and oxygen atoms in total. The van der Waals surface area contributed by atoms with Crippen molar-refractivity contribution in [3.8, 4) is 28.7 Å². The van der Waals surface area contributed by atoms with E-state index < -0.39 is 0 Å². The first-order valence-electron chi connectivity index (χ1n) is 9.29. The molecule has 4 aromatic rings. The Hall–Kier alpha value is -4.16. The standard InChI is InChI=1S/C21H19N9/c1-13(23)17-7-3-6-16(25-17)11-30-12-20(28-29-30)19-9-18(26-21(24)27-19)15-5-2-4-14(8-15)10-22/h2-9,12-13H,11,23H2,1H3,(H2,24,26,27)/t13-/m0/s1. The predicted octanol–water partition coefficient (Wildman–Crippen LogP) is 2.32. The van der Waals surface area contributed by atoms with Gasteiger partial charge in [-0.2, -0.15) is 5.26 Å². The van der Waals surface area contributed by atoms with Gasteiger partial charge in [0.25, 0.3) is 0 Å². The maximum Gasteiger partial charge on any atom is 0.221 e. The highest BCUT2D eigenvalue weighted by molar-refractivity contribution is 5.68. The second-order valence-electron chi connectivity index (χ2n) is 6.83. The number of nitrogens with zero attached hydrogens (tertiary/aromatic N) is 7. The molecule has 0 bridgehead atoms. The third kappa shape index (κ3) is 4.14. The van der Waals surface area contributed by atoms with Crippen molar-refractivity contribution in [3.63, 3.8) is 0 Å². The summed E-state index contributed by atoms with van der Waals surface area (Å²) in [5.41, 5.74) is 16.5. The molecule has 0 aliphatic heterocycles. The molecule has 3 heterocycles. The molecule has 0 aliphatic carbocycles. The fourth-order valence-electron chi connectivity index (χ4n) is 2.99. The summed E-state index contributed by atoms with van der Waals surface area (Å²) in [6.45, 7) is 2.34. The topological polar surface area (TPSA) is 145 Å². The molecule has 0 saturated carbocycles. The van der Waals surface area contributed by atoms with Gasteiger partial charge in [-0.05, 0) is 37.3 Å². The van der Waals surface area contributed by atoms with Crippen LogP contribution in [-0.2, 0) is 6.54 Å². The Labute approximate surface area is 173 Å². The Morgan fingerprint density at radius 3 is 2.63 bits per heavy atom. The van der Waals surface area contributed by atoms with Gasteiger partial charge in [0.05, 0.1) is 47.1 Å². The van der Waals surface area contributed by atoms with Gasteiger partial charge >= 0.3 is 0 Å². The summed E-state index contributed by atoms with van der Waals surface area (Å²) in [5, 5.41) is 17.5. The van der Waals surface area contributed by atoms with Crippen molar-refractivity contribution in [3.05, 3.63) is 71.7 Å². The van der Waals surface area contributed by atoms with E-state index in [9.17, 15) is 0 Å². The minimum atomic E-state index is -0.141. The van der Waals surface area contributed by atoms with Crippen LogP contribution >= 0.6 is 0 Å². The SMILES string of the molecule is C[C@H](N)c1cccc(Cn2cc(-c3cc(-c4cccc(C#N)c4)nc(N)n3)nn2)n1. The number of nitrogen functional groups attached to an aromatic ring is 1. The van der Waals surface area contributed by atoms with Crippen LogP contribution in [0.25, 0.3) is 22.6 Å². The predicted molar refractivity (Wildman–Crippen MR) is 112 cm³/mol. The van der Waals surface area contributed by atoms with E-state index in [-0.39, 0.29) is 12.0 Å². The minimum Gasteiger partial charge on any atom is -0.368 e. The van der Waals surface area contributed by atoms with Gasteiger partial charge in [-0.25, -0.2) is 14.6 Å². The maximum atomic E-state index is 9.13. The maximum absolute atomic E-state index is 9.13. The lowest BCUT2D eigenvalue weighted by atomic mass is 10.1. The number of aromatic nitrogens is 6. The number of pyridine rings is 1. The lowest BCUT2D eigenvalue weighted by Crippen LogP contribution is -2.10. The molecule has 0 unspecified atom stereocenters. The first-order chi connectivity index (χ1) is 14.5. The van der Waals surface area contributed by atoms with Crippen molar-refractivity contribution in [2.24, 2.45) is 5.73 Å². The lowest BCUT2D eigenvalue weighted by molar-refractivity contribution is 0.632. The Kier molecular flexibility index (Phi) is 5.15. The quantitative estimate of drug-likeness (QED) is 0.522. The molecule has 4 N–H and O–H groups in total. The Morgan fingerprint density at radius 1 is 1.03 bits per heavy atom. The summed E-state index contributed by atoms with van der Waals surface area (Å²) in [5.74, 6) is 0.116. The zero-order valence-electron chi connectivity index (χ0n) is 16.3. The van der Waals surface area contributed by atoms with E-state index in [2.05, 4.69) is 31.3 Å². The number of nitriles is 1. The second kappa shape index (κ2) is 8.06. The number of hydrogen-bond donors (Lipinski definition) is 2. The van der Waals surface area contributed by atoms with Crippen molar-refractivity contribution < 1.29 is 0 Å². The first kappa shape index (κ1) is 19.2. The molecule has 30 heavy (non-hydrogen) atoms. The van der Waals surface area contributed by atoms with Crippen LogP contribution in [-0.4, -0.2) is 29.9 Å². The summed E-state index contributed by atoms with van der Waals surface area (Å²) >= 11 is 0. The molecule has 4 rings (SSSR count). The van der Waals surface area contributed by atoms with Crippen LogP contribution in [0.5, 0.6) is 0 Å². The number of anilines is 1. The van der Waals surface area contributed by atoms with Gasteiger partial charge in [0, 0.05) is 11.6 Å². The van der Waals surface area contributed by atoms with Crippen LogP contribution in [0, 0.1) is 11.3 Å². The number of rotatable bonds is 5.